The van der Waals surface area contributed by atoms with Gasteiger partial charge in [-0.05, 0) is 6.92 Å². The minimum absolute atomic E-state index is 0.786. The van der Waals surface area contributed by atoms with Crippen molar-refractivity contribution in [1.82, 2.24) is 0 Å². The molecule has 0 aliphatic heterocycles. The van der Waals surface area contributed by atoms with E-state index in [9.17, 15) is 18.0 Å². The second-order valence-corrected chi connectivity index (χ2v) is 1.39. The standard InChI is InChI=1S/C5H5F3O3/c1-2-3-10-4(9)11-5(6,7)8/h2-3H,1H3. The van der Waals surface area contributed by atoms with Gasteiger partial charge in [0.2, 0.25) is 0 Å². The van der Waals surface area contributed by atoms with E-state index in [1.54, 1.807) is 0 Å². The monoisotopic (exact) mass is 170 g/mol. The lowest BCUT2D eigenvalue weighted by Crippen LogP contribution is -2.18. The number of hydrogen-bond donors (Lipinski definition) is 0. The van der Waals surface area contributed by atoms with Crippen LogP contribution >= 0.6 is 0 Å². The second-order valence-electron chi connectivity index (χ2n) is 1.39. The number of halogens is 3. The molecule has 0 fully saturated rings. The van der Waals surface area contributed by atoms with Crippen molar-refractivity contribution in [3.8, 4) is 0 Å². The van der Waals surface area contributed by atoms with Gasteiger partial charge in [-0.25, -0.2) is 4.79 Å². The third kappa shape index (κ3) is 6.69. The molecule has 0 heterocycles. The highest BCUT2D eigenvalue weighted by Gasteiger charge is 2.34. The first-order valence-corrected chi connectivity index (χ1v) is 2.53. The zero-order valence-electron chi connectivity index (χ0n) is 5.51. The third-order valence-corrected chi connectivity index (χ3v) is 0.499. The molecule has 0 rings (SSSR count). The molecule has 0 bridgehead atoms. The molecular formula is C5H5F3O3. The van der Waals surface area contributed by atoms with Crippen molar-refractivity contribution < 1.29 is 27.4 Å². The summed E-state index contributed by atoms with van der Waals surface area (Å²) >= 11 is 0. The van der Waals surface area contributed by atoms with Gasteiger partial charge >= 0.3 is 12.5 Å². The SMILES string of the molecule is CC=COC(=O)OC(F)(F)F. The Morgan fingerprint density at radius 2 is 2.00 bits per heavy atom. The summed E-state index contributed by atoms with van der Waals surface area (Å²) in [7, 11) is 0. The summed E-state index contributed by atoms with van der Waals surface area (Å²) in [4.78, 5) is 10.0. The Bertz CT molecular complexity index is 161. The van der Waals surface area contributed by atoms with Crippen LogP contribution in [0.4, 0.5) is 18.0 Å². The zero-order chi connectivity index (χ0) is 8.91. The Balaban J connectivity index is 3.70. The Morgan fingerprint density at radius 1 is 1.45 bits per heavy atom. The zero-order valence-corrected chi connectivity index (χ0v) is 5.51. The lowest BCUT2D eigenvalue weighted by molar-refractivity contribution is -0.297. The number of rotatable bonds is 1. The Hall–Kier alpha value is -1.20. The summed E-state index contributed by atoms with van der Waals surface area (Å²) < 4.78 is 40.2. The van der Waals surface area contributed by atoms with Crippen LogP contribution in [-0.4, -0.2) is 12.5 Å². The van der Waals surface area contributed by atoms with E-state index in [0.29, 0.717) is 0 Å². The van der Waals surface area contributed by atoms with Gasteiger partial charge in [-0.1, -0.05) is 6.08 Å². The summed E-state index contributed by atoms with van der Waals surface area (Å²) in [5.41, 5.74) is 0. The molecule has 11 heavy (non-hydrogen) atoms. The van der Waals surface area contributed by atoms with Crippen LogP contribution < -0.4 is 0 Å². The molecule has 6 heteroatoms. The van der Waals surface area contributed by atoms with E-state index in [-0.39, 0.29) is 0 Å². The van der Waals surface area contributed by atoms with Crippen LogP contribution in [0, 0.1) is 0 Å². The predicted octanol–water partition coefficient (Wildman–Crippen LogP) is 2.19. The van der Waals surface area contributed by atoms with Gasteiger partial charge in [-0.15, -0.1) is 13.2 Å². The first kappa shape index (κ1) is 9.80. The van der Waals surface area contributed by atoms with Crippen molar-refractivity contribution in [3.63, 3.8) is 0 Å². The molecule has 0 saturated carbocycles. The van der Waals surface area contributed by atoms with E-state index in [1.807, 2.05) is 0 Å². The summed E-state index contributed by atoms with van der Waals surface area (Å²) in [6.45, 7) is 1.47. The molecule has 0 aliphatic carbocycles. The fraction of sp³-hybridized carbons (Fsp3) is 0.400. The molecule has 0 spiro atoms. The molecule has 0 atom stereocenters. The highest BCUT2D eigenvalue weighted by molar-refractivity contribution is 5.60. The first-order valence-electron chi connectivity index (χ1n) is 2.53. The summed E-state index contributed by atoms with van der Waals surface area (Å²) in [6, 6.07) is 0. The Morgan fingerprint density at radius 3 is 2.36 bits per heavy atom. The predicted molar refractivity (Wildman–Crippen MR) is 28.4 cm³/mol. The smallest absolute Gasteiger partial charge is 0.403 e. The highest BCUT2D eigenvalue weighted by Crippen LogP contribution is 2.16. The molecule has 0 aromatic rings. The molecule has 3 nitrogen and oxygen atoms in total. The van der Waals surface area contributed by atoms with Crippen LogP contribution in [0.2, 0.25) is 0 Å². The van der Waals surface area contributed by atoms with E-state index in [4.69, 9.17) is 0 Å². The maximum Gasteiger partial charge on any atom is 0.577 e. The quantitative estimate of drug-likeness (QED) is 0.447. The van der Waals surface area contributed by atoms with Gasteiger partial charge in [0.1, 0.15) is 0 Å². The van der Waals surface area contributed by atoms with Crippen LogP contribution in [0.3, 0.4) is 0 Å². The van der Waals surface area contributed by atoms with Gasteiger partial charge in [0.25, 0.3) is 0 Å². The van der Waals surface area contributed by atoms with Crippen LogP contribution in [-0.2, 0) is 9.47 Å². The third-order valence-electron chi connectivity index (χ3n) is 0.499. The summed E-state index contributed by atoms with van der Waals surface area (Å²) in [5, 5.41) is 0. The number of ether oxygens (including phenoxy) is 2. The largest absolute Gasteiger partial charge is 0.577 e. The average molecular weight is 170 g/mol. The first-order chi connectivity index (χ1) is 4.95. The van der Waals surface area contributed by atoms with Crippen molar-refractivity contribution in [2.24, 2.45) is 0 Å². The maximum atomic E-state index is 11.2. The minimum atomic E-state index is -4.99. The van der Waals surface area contributed by atoms with Crippen molar-refractivity contribution in [3.05, 3.63) is 12.3 Å². The van der Waals surface area contributed by atoms with Crippen molar-refractivity contribution in [1.29, 1.82) is 0 Å². The number of allylic oxidation sites excluding steroid dienone is 1. The molecule has 0 aromatic carbocycles. The van der Waals surface area contributed by atoms with Gasteiger partial charge in [0.05, 0.1) is 6.26 Å². The molecule has 0 aromatic heterocycles. The fourth-order valence-corrected chi connectivity index (χ4v) is 0.242. The molecule has 0 amide bonds. The van der Waals surface area contributed by atoms with E-state index < -0.39 is 12.5 Å². The Labute approximate surface area is 60.4 Å². The van der Waals surface area contributed by atoms with Crippen molar-refractivity contribution >= 4 is 6.16 Å². The molecular weight excluding hydrogens is 165 g/mol. The van der Waals surface area contributed by atoms with Crippen LogP contribution in [0.5, 0.6) is 0 Å². The normalized spacial score (nSPS) is 11.6. The lowest BCUT2D eigenvalue weighted by atomic mass is 10.7. The number of hydrogen-bond acceptors (Lipinski definition) is 3. The minimum Gasteiger partial charge on any atom is -0.403 e. The molecule has 0 aliphatic rings. The topological polar surface area (TPSA) is 35.5 Å². The fourth-order valence-electron chi connectivity index (χ4n) is 0.242. The summed E-state index contributed by atoms with van der Waals surface area (Å²) in [5.74, 6) is 0. The van der Waals surface area contributed by atoms with E-state index in [1.165, 1.54) is 13.0 Å². The van der Waals surface area contributed by atoms with Gasteiger partial charge < -0.3 is 9.47 Å². The Kier molecular flexibility index (Phi) is 3.43. The van der Waals surface area contributed by atoms with Crippen LogP contribution in [0.25, 0.3) is 0 Å². The molecule has 0 unspecified atom stereocenters. The molecule has 64 valence electrons. The lowest BCUT2D eigenvalue weighted by Gasteiger charge is -2.04. The van der Waals surface area contributed by atoms with Gasteiger partial charge in [0, 0.05) is 0 Å². The van der Waals surface area contributed by atoms with Crippen molar-refractivity contribution in [2.75, 3.05) is 0 Å². The highest BCUT2D eigenvalue weighted by atomic mass is 19.4. The number of carbonyl (C=O) groups excluding carboxylic acids is 1. The summed E-state index contributed by atoms with van der Waals surface area (Å²) in [6.07, 6.45) is -4.75. The molecule has 0 radical (unpaired) electrons. The molecule has 0 N–H and O–H groups in total. The van der Waals surface area contributed by atoms with E-state index >= 15 is 0 Å². The number of carbonyl (C=O) groups is 1. The van der Waals surface area contributed by atoms with E-state index in [2.05, 4.69) is 9.47 Å². The maximum absolute atomic E-state index is 11.2. The molecule has 0 saturated heterocycles. The van der Waals surface area contributed by atoms with Crippen LogP contribution in [0.15, 0.2) is 12.3 Å². The average Bonchev–Trinajstić information content (AvgIpc) is 1.79. The van der Waals surface area contributed by atoms with Gasteiger partial charge in [0.15, 0.2) is 0 Å². The van der Waals surface area contributed by atoms with Gasteiger partial charge in [-0.3, -0.25) is 0 Å². The van der Waals surface area contributed by atoms with Crippen LogP contribution in [0.1, 0.15) is 6.92 Å². The van der Waals surface area contributed by atoms with E-state index in [0.717, 1.165) is 6.26 Å². The van der Waals surface area contributed by atoms with Crippen molar-refractivity contribution in [2.45, 2.75) is 13.3 Å². The second kappa shape index (κ2) is 3.85. The number of alkyl halides is 3. The van der Waals surface area contributed by atoms with Gasteiger partial charge in [-0.2, -0.15) is 0 Å².